The SMILES string of the molecule is Cc1c(Cl)c(C(F)(F)F)nn1C(C)C(=O)NC(C)c1nc2ccccc2o1. The van der Waals surface area contributed by atoms with Crippen molar-refractivity contribution in [2.75, 3.05) is 0 Å². The number of alkyl halides is 3. The number of benzene rings is 1. The van der Waals surface area contributed by atoms with Crippen molar-refractivity contribution in [3.8, 4) is 0 Å². The van der Waals surface area contributed by atoms with Gasteiger partial charge in [-0.1, -0.05) is 23.7 Å². The normalized spacial score (nSPS) is 14.3. The molecule has 3 rings (SSSR count). The van der Waals surface area contributed by atoms with Gasteiger partial charge in [-0.15, -0.1) is 0 Å². The van der Waals surface area contributed by atoms with Gasteiger partial charge in [0.25, 0.3) is 0 Å². The van der Waals surface area contributed by atoms with E-state index in [1.54, 1.807) is 25.1 Å². The molecule has 3 aromatic rings. The lowest BCUT2D eigenvalue weighted by Crippen LogP contribution is -2.34. The minimum atomic E-state index is -4.70. The summed E-state index contributed by atoms with van der Waals surface area (Å²) in [6.07, 6.45) is -4.70. The Morgan fingerprint density at radius 3 is 2.56 bits per heavy atom. The molecule has 144 valence electrons. The fraction of sp³-hybridized carbons (Fsp3) is 0.353. The van der Waals surface area contributed by atoms with Gasteiger partial charge in [-0.2, -0.15) is 18.3 Å². The van der Waals surface area contributed by atoms with Gasteiger partial charge in [-0.25, -0.2) is 4.98 Å². The average Bonchev–Trinajstić information content (AvgIpc) is 3.16. The zero-order valence-corrected chi connectivity index (χ0v) is 15.4. The summed E-state index contributed by atoms with van der Waals surface area (Å²) in [6, 6.07) is 5.53. The van der Waals surface area contributed by atoms with Gasteiger partial charge >= 0.3 is 6.18 Å². The summed E-state index contributed by atoms with van der Waals surface area (Å²) < 4.78 is 45.4. The molecule has 10 heteroatoms. The third-order valence-electron chi connectivity index (χ3n) is 4.13. The van der Waals surface area contributed by atoms with Crippen molar-refractivity contribution in [3.05, 3.63) is 46.6 Å². The lowest BCUT2D eigenvalue weighted by molar-refractivity contribution is -0.141. The highest BCUT2D eigenvalue weighted by molar-refractivity contribution is 6.32. The van der Waals surface area contributed by atoms with Crippen molar-refractivity contribution in [3.63, 3.8) is 0 Å². The van der Waals surface area contributed by atoms with E-state index < -0.39 is 34.9 Å². The van der Waals surface area contributed by atoms with E-state index in [9.17, 15) is 18.0 Å². The van der Waals surface area contributed by atoms with Gasteiger partial charge in [0.05, 0.1) is 10.7 Å². The molecule has 1 N–H and O–H groups in total. The number of oxazole rings is 1. The Hall–Kier alpha value is -2.55. The van der Waals surface area contributed by atoms with Crippen LogP contribution in [0.15, 0.2) is 28.7 Å². The summed E-state index contributed by atoms with van der Waals surface area (Å²) in [7, 11) is 0. The minimum absolute atomic E-state index is 0.0566. The molecule has 0 radical (unpaired) electrons. The number of rotatable bonds is 4. The van der Waals surface area contributed by atoms with Gasteiger partial charge in [0, 0.05) is 0 Å². The molecule has 2 aromatic heterocycles. The molecule has 2 unspecified atom stereocenters. The van der Waals surface area contributed by atoms with Gasteiger partial charge < -0.3 is 9.73 Å². The summed E-state index contributed by atoms with van der Waals surface area (Å²) in [5.41, 5.74) is 0.0619. The van der Waals surface area contributed by atoms with Crippen LogP contribution in [0.25, 0.3) is 11.1 Å². The van der Waals surface area contributed by atoms with E-state index in [0.717, 1.165) is 4.68 Å². The van der Waals surface area contributed by atoms with Crippen molar-refractivity contribution in [1.82, 2.24) is 20.1 Å². The number of para-hydroxylation sites is 2. The Morgan fingerprint density at radius 2 is 1.96 bits per heavy atom. The number of amides is 1. The van der Waals surface area contributed by atoms with Crippen LogP contribution in [0.5, 0.6) is 0 Å². The second-order valence-corrected chi connectivity index (χ2v) is 6.49. The summed E-state index contributed by atoms with van der Waals surface area (Å²) in [5, 5.41) is 5.63. The van der Waals surface area contributed by atoms with E-state index in [-0.39, 0.29) is 5.69 Å². The first-order chi connectivity index (χ1) is 12.6. The molecule has 0 fully saturated rings. The molecule has 0 aliphatic rings. The number of halogens is 4. The smallest absolute Gasteiger partial charge is 0.436 e. The van der Waals surface area contributed by atoms with Crippen LogP contribution >= 0.6 is 11.6 Å². The van der Waals surface area contributed by atoms with Gasteiger partial charge in [0.15, 0.2) is 11.3 Å². The van der Waals surface area contributed by atoms with Crippen LogP contribution in [0.1, 0.15) is 43.2 Å². The molecule has 1 aromatic carbocycles. The Kier molecular flexibility index (Phi) is 4.90. The lowest BCUT2D eigenvalue weighted by atomic mass is 10.2. The molecule has 0 saturated carbocycles. The highest BCUT2D eigenvalue weighted by Crippen LogP contribution is 2.36. The Balaban J connectivity index is 1.79. The monoisotopic (exact) mass is 400 g/mol. The Morgan fingerprint density at radius 1 is 1.30 bits per heavy atom. The fourth-order valence-electron chi connectivity index (χ4n) is 2.64. The molecule has 0 aliphatic heterocycles. The molecule has 2 atom stereocenters. The molecule has 2 heterocycles. The summed E-state index contributed by atoms with van der Waals surface area (Å²) in [5.74, 6) is -0.247. The second-order valence-electron chi connectivity index (χ2n) is 6.12. The number of aromatic nitrogens is 3. The van der Waals surface area contributed by atoms with E-state index >= 15 is 0 Å². The first-order valence-corrected chi connectivity index (χ1v) is 8.45. The molecule has 0 bridgehead atoms. The number of hydrogen-bond donors (Lipinski definition) is 1. The summed E-state index contributed by atoms with van der Waals surface area (Å²) in [4.78, 5) is 16.8. The lowest BCUT2D eigenvalue weighted by Gasteiger charge is -2.17. The quantitative estimate of drug-likeness (QED) is 0.702. The Bertz CT molecular complexity index is 963. The first-order valence-electron chi connectivity index (χ1n) is 8.07. The van der Waals surface area contributed by atoms with Gasteiger partial charge in [-0.05, 0) is 32.9 Å². The molecule has 0 saturated heterocycles. The van der Waals surface area contributed by atoms with Crippen molar-refractivity contribution < 1.29 is 22.4 Å². The maximum absolute atomic E-state index is 13.0. The number of hydrogen-bond acceptors (Lipinski definition) is 4. The number of fused-ring (bicyclic) bond motifs is 1. The van der Waals surface area contributed by atoms with Crippen molar-refractivity contribution in [2.24, 2.45) is 0 Å². The third kappa shape index (κ3) is 3.64. The Labute approximate surface area is 157 Å². The van der Waals surface area contributed by atoms with E-state index in [2.05, 4.69) is 15.4 Å². The highest BCUT2D eigenvalue weighted by Gasteiger charge is 2.39. The van der Waals surface area contributed by atoms with Gasteiger partial charge in [0.2, 0.25) is 11.8 Å². The molecule has 0 aliphatic carbocycles. The van der Waals surface area contributed by atoms with Crippen molar-refractivity contribution in [1.29, 1.82) is 0 Å². The van der Waals surface area contributed by atoms with Crippen molar-refractivity contribution in [2.45, 2.75) is 39.0 Å². The van der Waals surface area contributed by atoms with Gasteiger partial charge in [0.1, 0.15) is 17.6 Å². The van der Waals surface area contributed by atoms with Crippen LogP contribution in [-0.4, -0.2) is 20.7 Å². The summed E-state index contributed by atoms with van der Waals surface area (Å²) in [6.45, 7) is 4.47. The average molecular weight is 401 g/mol. The maximum atomic E-state index is 13.0. The molecule has 1 amide bonds. The number of carbonyl (C=O) groups is 1. The van der Waals surface area contributed by atoms with E-state index in [1.165, 1.54) is 13.8 Å². The first kappa shape index (κ1) is 19.2. The topological polar surface area (TPSA) is 73.0 Å². The second kappa shape index (κ2) is 6.88. The van der Waals surface area contributed by atoms with E-state index in [0.29, 0.717) is 17.0 Å². The molecule has 27 heavy (non-hydrogen) atoms. The number of carbonyl (C=O) groups excluding carboxylic acids is 1. The van der Waals surface area contributed by atoms with Crippen LogP contribution < -0.4 is 5.32 Å². The minimum Gasteiger partial charge on any atom is -0.438 e. The maximum Gasteiger partial charge on any atom is 0.436 e. The molecule has 0 spiro atoms. The fourth-order valence-corrected chi connectivity index (χ4v) is 2.87. The van der Waals surface area contributed by atoms with Gasteiger partial charge in [-0.3, -0.25) is 9.48 Å². The standard InChI is InChI=1S/C17H16ClF3N4O2/c1-8(16-23-11-6-4-5-7-12(11)27-16)22-15(26)10(3)25-9(2)13(18)14(24-25)17(19,20)21/h4-8,10H,1-3H3,(H,22,26). The largest absolute Gasteiger partial charge is 0.438 e. The van der Waals surface area contributed by atoms with Crippen LogP contribution in [-0.2, 0) is 11.0 Å². The number of nitrogens with zero attached hydrogens (tertiary/aromatic N) is 3. The predicted octanol–water partition coefficient (Wildman–Crippen LogP) is 4.44. The van der Waals surface area contributed by atoms with E-state index in [1.807, 2.05) is 6.07 Å². The summed E-state index contributed by atoms with van der Waals surface area (Å²) >= 11 is 5.73. The van der Waals surface area contributed by atoms with E-state index in [4.69, 9.17) is 16.0 Å². The zero-order valence-electron chi connectivity index (χ0n) is 14.6. The third-order valence-corrected chi connectivity index (χ3v) is 4.58. The molecule has 6 nitrogen and oxygen atoms in total. The predicted molar refractivity (Wildman–Crippen MR) is 92.3 cm³/mol. The number of nitrogens with one attached hydrogen (secondary N) is 1. The molecular weight excluding hydrogens is 385 g/mol. The highest BCUT2D eigenvalue weighted by atomic mass is 35.5. The van der Waals surface area contributed by atoms with Crippen LogP contribution in [0.4, 0.5) is 13.2 Å². The van der Waals surface area contributed by atoms with Crippen LogP contribution in [0.3, 0.4) is 0 Å². The molecular formula is C17H16ClF3N4O2. The van der Waals surface area contributed by atoms with Crippen molar-refractivity contribution >= 4 is 28.6 Å². The zero-order chi connectivity index (χ0) is 19.9. The van der Waals surface area contributed by atoms with Crippen LogP contribution in [0, 0.1) is 6.92 Å². The van der Waals surface area contributed by atoms with Crippen LogP contribution in [0.2, 0.25) is 5.02 Å².